The number of nitrogens with zero attached hydrogens (tertiary/aromatic N) is 4. The van der Waals surface area contributed by atoms with Gasteiger partial charge in [0.15, 0.2) is 0 Å². The average molecular weight is 367 g/mol. The number of piperidine rings is 1. The zero-order chi connectivity index (χ0) is 19.4. The van der Waals surface area contributed by atoms with Crippen LogP contribution < -0.4 is 10.2 Å². The number of amides is 1. The fourth-order valence-corrected chi connectivity index (χ4v) is 3.34. The number of nitrogens with one attached hydrogen (secondary N) is 1. The predicted octanol–water partition coefficient (Wildman–Crippen LogP) is 3.38. The van der Waals surface area contributed by atoms with Gasteiger partial charge in [-0.2, -0.15) is 0 Å². The van der Waals surface area contributed by atoms with Crippen LogP contribution in [-0.2, 0) is 0 Å². The number of carbonyl (C=O) groups excluding carboxylic acids is 1. The van der Waals surface area contributed by atoms with Crippen molar-refractivity contribution in [2.24, 2.45) is 0 Å². The number of rotatable bonds is 5. The molecule has 1 unspecified atom stereocenters. The van der Waals surface area contributed by atoms with E-state index in [4.69, 9.17) is 0 Å². The highest BCUT2D eigenvalue weighted by atomic mass is 16.2. The van der Waals surface area contributed by atoms with Gasteiger partial charge in [0.25, 0.3) is 5.91 Å². The van der Waals surface area contributed by atoms with E-state index in [9.17, 15) is 4.79 Å². The Labute approximate surface area is 161 Å². The van der Waals surface area contributed by atoms with Crippen LogP contribution in [0.2, 0.25) is 0 Å². The van der Waals surface area contributed by atoms with Gasteiger partial charge in [0.2, 0.25) is 0 Å². The first-order chi connectivity index (χ1) is 12.9. The second-order valence-corrected chi connectivity index (χ2v) is 7.67. The van der Waals surface area contributed by atoms with Gasteiger partial charge in [-0.1, -0.05) is 26.0 Å². The summed E-state index contributed by atoms with van der Waals surface area (Å²) >= 11 is 0. The third-order valence-electron chi connectivity index (χ3n) is 4.94. The lowest BCUT2D eigenvalue weighted by Gasteiger charge is -2.34. The number of anilines is 2. The first-order valence-corrected chi connectivity index (χ1v) is 9.59. The molecule has 27 heavy (non-hydrogen) atoms. The van der Waals surface area contributed by atoms with Crippen LogP contribution in [-0.4, -0.2) is 54.0 Å². The molecule has 0 bridgehead atoms. The van der Waals surface area contributed by atoms with E-state index in [0.717, 1.165) is 37.4 Å². The lowest BCUT2D eigenvalue weighted by molar-refractivity contribution is 0.0821. The van der Waals surface area contributed by atoms with Crippen LogP contribution in [0, 0.1) is 0 Å². The molecule has 1 aromatic heterocycles. The highest BCUT2D eigenvalue weighted by Gasteiger charge is 2.22. The third-order valence-corrected chi connectivity index (χ3v) is 4.94. The predicted molar refractivity (Wildman–Crippen MR) is 109 cm³/mol. The number of hydrogen-bond acceptors (Lipinski definition) is 5. The van der Waals surface area contributed by atoms with Gasteiger partial charge in [0.1, 0.15) is 11.5 Å². The van der Waals surface area contributed by atoms with E-state index in [1.54, 1.807) is 20.3 Å². The van der Waals surface area contributed by atoms with E-state index in [2.05, 4.69) is 58.3 Å². The molecular formula is C21H29N5O. The van der Waals surface area contributed by atoms with Crippen LogP contribution in [0.5, 0.6) is 0 Å². The number of hydrogen-bond donors (Lipinski definition) is 1. The average Bonchev–Trinajstić information content (AvgIpc) is 2.68. The lowest BCUT2D eigenvalue weighted by atomic mass is 10.0. The molecule has 1 aliphatic heterocycles. The number of benzene rings is 1. The van der Waals surface area contributed by atoms with Crippen molar-refractivity contribution < 1.29 is 4.79 Å². The number of aromatic nitrogens is 2. The molecule has 1 saturated heterocycles. The molecule has 0 saturated carbocycles. The summed E-state index contributed by atoms with van der Waals surface area (Å²) in [6, 6.07) is 9.04. The molecule has 6 heteroatoms. The Hall–Kier alpha value is -2.63. The SMILES string of the molecule is CC(C)c1ccc(NC2CCCN(c3cncc(C(=O)N(C)C)n3)C2)cc1. The fraction of sp³-hybridized carbons (Fsp3) is 0.476. The maximum absolute atomic E-state index is 12.2. The molecule has 3 rings (SSSR count). The van der Waals surface area contributed by atoms with Crippen molar-refractivity contribution in [3.63, 3.8) is 0 Å². The van der Waals surface area contributed by atoms with Gasteiger partial charge < -0.3 is 15.1 Å². The zero-order valence-electron chi connectivity index (χ0n) is 16.6. The first-order valence-electron chi connectivity index (χ1n) is 9.59. The second-order valence-electron chi connectivity index (χ2n) is 7.67. The summed E-state index contributed by atoms with van der Waals surface area (Å²) in [4.78, 5) is 24.6. The van der Waals surface area contributed by atoms with Crippen LogP contribution in [0.3, 0.4) is 0 Å². The van der Waals surface area contributed by atoms with Crippen LogP contribution >= 0.6 is 0 Å². The maximum Gasteiger partial charge on any atom is 0.273 e. The van der Waals surface area contributed by atoms with Gasteiger partial charge in [-0.25, -0.2) is 4.98 Å². The Morgan fingerprint density at radius 3 is 2.63 bits per heavy atom. The van der Waals surface area contributed by atoms with E-state index < -0.39 is 0 Å². The van der Waals surface area contributed by atoms with E-state index in [-0.39, 0.29) is 5.91 Å². The minimum Gasteiger partial charge on any atom is -0.381 e. The van der Waals surface area contributed by atoms with Crippen LogP contribution in [0.1, 0.15) is 48.7 Å². The Kier molecular flexibility index (Phi) is 5.94. The molecule has 2 heterocycles. The minimum absolute atomic E-state index is 0.124. The van der Waals surface area contributed by atoms with Crippen molar-refractivity contribution in [2.45, 2.75) is 38.6 Å². The topological polar surface area (TPSA) is 61.4 Å². The molecule has 1 atom stereocenters. The van der Waals surface area contributed by atoms with Gasteiger partial charge in [0, 0.05) is 38.9 Å². The molecule has 6 nitrogen and oxygen atoms in total. The smallest absolute Gasteiger partial charge is 0.273 e. The van der Waals surface area contributed by atoms with Crippen LogP contribution in [0.15, 0.2) is 36.7 Å². The summed E-state index contributed by atoms with van der Waals surface area (Å²) in [6.45, 7) is 6.19. The van der Waals surface area contributed by atoms with Crippen molar-refractivity contribution in [2.75, 3.05) is 37.4 Å². The maximum atomic E-state index is 12.2. The lowest BCUT2D eigenvalue weighted by Crippen LogP contribution is -2.42. The molecule has 2 aromatic rings. The Balaban J connectivity index is 1.67. The van der Waals surface area contributed by atoms with Crippen molar-refractivity contribution in [1.82, 2.24) is 14.9 Å². The van der Waals surface area contributed by atoms with Gasteiger partial charge >= 0.3 is 0 Å². The first kappa shape index (κ1) is 19.1. The summed E-state index contributed by atoms with van der Waals surface area (Å²) < 4.78 is 0. The van der Waals surface area contributed by atoms with Crippen molar-refractivity contribution in [3.8, 4) is 0 Å². The molecule has 1 aromatic carbocycles. The summed E-state index contributed by atoms with van der Waals surface area (Å²) in [5.74, 6) is 1.19. The molecule has 1 aliphatic rings. The molecule has 0 radical (unpaired) electrons. The highest BCUT2D eigenvalue weighted by Crippen LogP contribution is 2.22. The molecule has 144 valence electrons. The normalized spacial score (nSPS) is 17.1. The van der Waals surface area contributed by atoms with Gasteiger partial charge in [0.05, 0.1) is 12.4 Å². The van der Waals surface area contributed by atoms with E-state index >= 15 is 0 Å². The third kappa shape index (κ3) is 4.76. The molecular weight excluding hydrogens is 338 g/mol. The quantitative estimate of drug-likeness (QED) is 0.878. The largest absolute Gasteiger partial charge is 0.381 e. The van der Waals surface area contributed by atoms with E-state index in [0.29, 0.717) is 17.7 Å². The standard InChI is InChI=1S/C21H29N5O/c1-15(2)16-7-9-17(10-8-16)23-18-6-5-11-26(14-18)20-13-22-12-19(24-20)21(27)25(3)4/h7-10,12-13,15,18,23H,5-6,11,14H2,1-4H3. The Morgan fingerprint density at radius 2 is 1.96 bits per heavy atom. The molecule has 0 aliphatic carbocycles. The minimum atomic E-state index is -0.124. The summed E-state index contributed by atoms with van der Waals surface area (Å²) in [5, 5.41) is 3.64. The molecule has 1 N–H and O–H groups in total. The number of carbonyl (C=O) groups is 1. The summed E-state index contributed by atoms with van der Waals surface area (Å²) in [7, 11) is 3.45. The van der Waals surface area contributed by atoms with Gasteiger partial charge in [-0.3, -0.25) is 9.78 Å². The van der Waals surface area contributed by atoms with Crippen LogP contribution in [0.4, 0.5) is 11.5 Å². The second kappa shape index (κ2) is 8.37. The fourth-order valence-electron chi connectivity index (χ4n) is 3.34. The van der Waals surface area contributed by atoms with E-state index in [1.807, 2.05) is 0 Å². The monoisotopic (exact) mass is 367 g/mol. The van der Waals surface area contributed by atoms with Crippen LogP contribution in [0.25, 0.3) is 0 Å². The Morgan fingerprint density at radius 1 is 1.22 bits per heavy atom. The zero-order valence-corrected chi connectivity index (χ0v) is 16.6. The van der Waals surface area contributed by atoms with Gasteiger partial charge in [-0.15, -0.1) is 0 Å². The highest BCUT2D eigenvalue weighted by molar-refractivity contribution is 5.91. The van der Waals surface area contributed by atoms with Gasteiger partial charge in [-0.05, 0) is 36.5 Å². The molecule has 0 spiro atoms. The van der Waals surface area contributed by atoms with Crippen molar-refractivity contribution >= 4 is 17.4 Å². The molecule has 1 fully saturated rings. The van der Waals surface area contributed by atoms with Crippen molar-refractivity contribution in [1.29, 1.82) is 0 Å². The Bertz CT molecular complexity index is 772. The summed E-state index contributed by atoms with van der Waals surface area (Å²) in [5.41, 5.74) is 2.88. The van der Waals surface area contributed by atoms with E-state index in [1.165, 1.54) is 16.7 Å². The van der Waals surface area contributed by atoms with Crippen molar-refractivity contribution in [3.05, 3.63) is 47.9 Å². The summed E-state index contributed by atoms with van der Waals surface area (Å²) in [6.07, 6.45) is 5.47. The molecule has 1 amide bonds.